The van der Waals surface area contributed by atoms with Gasteiger partial charge in [-0.15, -0.1) is 0 Å². The first-order valence-corrected chi connectivity index (χ1v) is 17.6. The molecule has 4 aromatic carbocycles. The van der Waals surface area contributed by atoms with E-state index in [1.807, 2.05) is 12.1 Å². The molecule has 0 N–H and O–H groups in total. The van der Waals surface area contributed by atoms with Gasteiger partial charge in [-0.1, -0.05) is 87.4 Å². The van der Waals surface area contributed by atoms with Gasteiger partial charge in [0, 0.05) is 13.1 Å². The van der Waals surface area contributed by atoms with Gasteiger partial charge >= 0.3 is 6.03 Å². The van der Waals surface area contributed by atoms with Crippen LogP contribution in [0.1, 0.15) is 71.2 Å². The first kappa shape index (κ1) is 35.7. The van der Waals surface area contributed by atoms with Crippen LogP contribution in [0.25, 0.3) is 0 Å². The normalized spacial score (nSPS) is 20.1. The second-order valence-corrected chi connectivity index (χ2v) is 13.4. The number of aryl methyl sites for hydroxylation is 2. The Hall–Kier alpha value is -5.09. The summed E-state index contributed by atoms with van der Waals surface area (Å²) in [6, 6.07) is 28.0. The van der Waals surface area contributed by atoms with E-state index in [4.69, 9.17) is 9.47 Å². The van der Waals surface area contributed by atoms with Crippen LogP contribution >= 0.6 is 0 Å². The van der Waals surface area contributed by atoms with Gasteiger partial charge in [-0.25, -0.2) is 13.6 Å². The number of amides is 2. The van der Waals surface area contributed by atoms with Crippen LogP contribution in [0.15, 0.2) is 84.9 Å². The van der Waals surface area contributed by atoms with Crippen molar-refractivity contribution in [2.45, 2.75) is 89.8 Å². The van der Waals surface area contributed by atoms with Crippen LogP contribution in [-0.4, -0.2) is 46.9 Å². The maximum absolute atomic E-state index is 15.2. The van der Waals surface area contributed by atoms with Crippen molar-refractivity contribution in [1.82, 2.24) is 9.80 Å². The predicted molar refractivity (Wildman–Crippen MR) is 189 cm³/mol. The number of nitrogens with zero attached hydrogens (tertiary/aromatic N) is 4. The van der Waals surface area contributed by atoms with Crippen molar-refractivity contribution in [1.29, 1.82) is 10.5 Å². The van der Waals surface area contributed by atoms with Crippen LogP contribution in [0.4, 0.5) is 13.6 Å². The number of ether oxygens (including phenoxy) is 2. The maximum Gasteiger partial charge on any atom is 0.321 e. The van der Waals surface area contributed by atoms with E-state index in [1.54, 1.807) is 21.9 Å². The van der Waals surface area contributed by atoms with Crippen LogP contribution in [0.5, 0.6) is 0 Å². The molecule has 0 aromatic heterocycles. The highest BCUT2D eigenvalue weighted by Crippen LogP contribution is 2.35. The molecule has 2 saturated heterocycles. The third-order valence-electron chi connectivity index (χ3n) is 9.92. The Bertz CT molecular complexity index is 1780. The average molecular weight is 689 g/mol. The van der Waals surface area contributed by atoms with Gasteiger partial charge in [0.05, 0.1) is 23.2 Å². The Morgan fingerprint density at radius 3 is 1.37 bits per heavy atom. The summed E-state index contributed by atoms with van der Waals surface area (Å²) in [6.45, 7) is 4.50. The van der Waals surface area contributed by atoms with Gasteiger partial charge in [-0.05, 0) is 83.3 Å². The molecule has 6 rings (SSSR count). The van der Waals surface area contributed by atoms with Crippen LogP contribution in [-0.2, 0) is 48.2 Å². The molecule has 2 fully saturated rings. The molecule has 0 unspecified atom stereocenters. The zero-order valence-electron chi connectivity index (χ0n) is 29.0. The molecule has 2 heterocycles. The lowest BCUT2D eigenvalue weighted by Crippen LogP contribution is -2.50. The van der Waals surface area contributed by atoms with Gasteiger partial charge in [0.25, 0.3) is 0 Å². The van der Waals surface area contributed by atoms with E-state index >= 15 is 4.79 Å². The number of halogens is 2. The van der Waals surface area contributed by atoms with E-state index in [0.29, 0.717) is 24.0 Å². The Morgan fingerprint density at radius 1 is 0.627 bits per heavy atom. The summed E-state index contributed by atoms with van der Waals surface area (Å²) in [7, 11) is 0. The number of urea groups is 1. The van der Waals surface area contributed by atoms with Crippen molar-refractivity contribution >= 4 is 6.03 Å². The number of rotatable bonds is 12. The highest BCUT2D eigenvalue weighted by atomic mass is 19.1. The fourth-order valence-corrected chi connectivity index (χ4v) is 7.32. The highest BCUT2D eigenvalue weighted by Gasteiger charge is 2.51. The van der Waals surface area contributed by atoms with Gasteiger partial charge in [-0.3, -0.25) is 0 Å². The van der Waals surface area contributed by atoms with Gasteiger partial charge in [-0.2, -0.15) is 10.5 Å². The van der Waals surface area contributed by atoms with Crippen LogP contribution < -0.4 is 0 Å². The van der Waals surface area contributed by atoms with Crippen LogP contribution in [0.2, 0.25) is 0 Å². The summed E-state index contributed by atoms with van der Waals surface area (Å²) in [6.07, 6.45) is 3.90. The third-order valence-corrected chi connectivity index (χ3v) is 9.92. The third kappa shape index (κ3) is 8.12. The average Bonchev–Trinajstić information content (AvgIpc) is 3.61. The number of fused-ring (bicyclic) bond motifs is 1. The fraction of sp³-hybridized carbons (Fsp3) is 0.357. The van der Waals surface area contributed by atoms with Crippen LogP contribution in [0, 0.1) is 34.3 Å². The Balaban J connectivity index is 1.45. The minimum absolute atomic E-state index is 0.0489. The SMILES string of the molecule is CCCc1ccc(C[C@@H]2[C@@H]3OCO[C@H]3[C@@H](Cc3ccc(CCC)cc3)N(Cc3ccc(F)c(C#N)c3)C(=O)N2Cc2ccc(F)c(C#N)c2)cc1. The largest absolute Gasteiger partial charge is 0.347 e. The number of carbonyl (C=O) groups excluding carboxylic acids is 1. The van der Waals surface area contributed by atoms with E-state index in [-0.39, 0.29) is 37.0 Å². The molecule has 7 nitrogen and oxygen atoms in total. The molecule has 9 heteroatoms. The second kappa shape index (κ2) is 16.3. The summed E-state index contributed by atoms with van der Waals surface area (Å²) in [5, 5.41) is 19.2. The van der Waals surface area contributed by atoms with Gasteiger partial charge in [0.2, 0.25) is 0 Å². The molecule has 0 radical (unpaired) electrons. The molecule has 0 saturated carbocycles. The van der Waals surface area contributed by atoms with Crippen molar-refractivity contribution < 1.29 is 23.0 Å². The standard InChI is InChI=1S/C42H42F2N4O3/c1-3-5-28-7-11-30(12-8-28)21-38-40-41(51-27-50-40)39(22-31-13-9-29(6-4-2)10-14-31)48(26-33-16-18-37(44)35(20-33)24-46)42(49)47(38)25-32-15-17-36(43)34(19-32)23-45/h7-20,38-41H,3-6,21-22,25-27H2,1-2H3/t38-,39-,40+,41+/m1/s1. The molecule has 2 aliphatic heterocycles. The molecule has 51 heavy (non-hydrogen) atoms. The molecular weight excluding hydrogens is 646 g/mol. The molecule has 2 amide bonds. The smallest absolute Gasteiger partial charge is 0.321 e. The lowest BCUT2D eigenvalue weighted by molar-refractivity contribution is 0.00167. The van der Waals surface area contributed by atoms with E-state index in [2.05, 4.69) is 62.4 Å². The zero-order valence-corrected chi connectivity index (χ0v) is 29.0. The molecule has 2 aliphatic rings. The van der Waals surface area contributed by atoms with Gasteiger partial charge in [0.1, 0.15) is 42.8 Å². The number of carbonyl (C=O) groups is 1. The number of nitriles is 2. The second-order valence-electron chi connectivity index (χ2n) is 13.4. The maximum atomic E-state index is 15.2. The van der Waals surface area contributed by atoms with Gasteiger partial charge in [0.15, 0.2) is 0 Å². The molecule has 0 bridgehead atoms. The predicted octanol–water partition coefficient (Wildman–Crippen LogP) is 8.02. The lowest BCUT2D eigenvalue weighted by Gasteiger charge is -2.36. The summed E-state index contributed by atoms with van der Waals surface area (Å²) in [5.74, 6) is -1.26. The van der Waals surface area contributed by atoms with Crippen molar-refractivity contribution in [3.8, 4) is 12.1 Å². The minimum Gasteiger partial charge on any atom is -0.347 e. The van der Waals surface area contributed by atoms with E-state index in [0.717, 1.165) is 36.8 Å². The number of hydrogen-bond acceptors (Lipinski definition) is 5. The summed E-state index contributed by atoms with van der Waals surface area (Å²) in [5.41, 5.74) is 5.50. The molecule has 4 atom stereocenters. The van der Waals surface area contributed by atoms with E-state index in [9.17, 15) is 19.3 Å². The summed E-state index contributed by atoms with van der Waals surface area (Å²) >= 11 is 0. The summed E-state index contributed by atoms with van der Waals surface area (Å²) in [4.78, 5) is 18.7. The molecule has 0 spiro atoms. The fourth-order valence-electron chi connectivity index (χ4n) is 7.32. The Labute approximate surface area is 298 Å². The summed E-state index contributed by atoms with van der Waals surface area (Å²) < 4.78 is 41.7. The lowest BCUT2D eigenvalue weighted by atomic mass is 9.90. The Morgan fingerprint density at radius 2 is 1.00 bits per heavy atom. The van der Waals surface area contributed by atoms with E-state index < -0.39 is 35.9 Å². The Kier molecular flexibility index (Phi) is 11.4. The topological polar surface area (TPSA) is 89.6 Å². The van der Waals surface area contributed by atoms with E-state index in [1.165, 1.54) is 35.4 Å². The number of benzene rings is 4. The highest BCUT2D eigenvalue weighted by molar-refractivity contribution is 5.76. The zero-order chi connectivity index (χ0) is 35.9. The van der Waals surface area contributed by atoms with Crippen LogP contribution in [0.3, 0.4) is 0 Å². The van der Waals surface area contributed by atoms with Gasteiger partial charge < -0.3 is 19.3 Å². The first-order valence-electron chi connectivity index (χ1n) is 17.6. The minimum atomic E-state index is -0.629. The quantitative estimate of drug-likeness (QED) is 0.150. The molecule has 262 valence electrons. The van der Waals surface area contributed by atoms with Crippen molar-refractivity contribution in [3.05, 3.63) is 141 Å². The molecule has 4 aromatic rings. The van der Waals surface area contributed by atoms with Crippen molar-refractivity contribution in [2.75, 3.05) is 6.79 Å². The molecule has 0 aliphatic carbocycles. The first-order chi connectivity index (χ1) is 24.8. The monoisotopic (exact) mass is 688 g/mol. The molecular formula is C42H42F2N4O3. The van der Waals surface area contributed by atoms with Crippen molar-refractivity contribution in [2.24, 2.45) is 0 Å². The number of hydrogen-bond donors (Lipinski definition) is 0. The van der Waals surface area contributed by atoms with Crippen molar-refractivity contribution in [3.63, 3.8) is 0 Å².